The number of nitrogens with one attached hydrogen (secondary N) is 1. The summed E-state index contributed by atoms with van der Waals surface area (Å²) in [4.78, 5) is 0. The molecule has 0 aromatic heterocycles. The van der Waals surface area contributed by atoms with E-state index >= 15 is 0 Å². The van der Waals surface area contributed by atoms with Crippen LogP contribution in [-0.4, -0.2) is 25.3 Å². The van der Waals surface area contributed by atoms with Crippen molar-refractivity contribution in [2.75, 3.05) is 13.2 Å². The molecule has 2 nitrogen and oxygen atoms in total. The molecule has 0 radical (unpaired) electrons. The third-order valence-corrected chi connectivity index (χ3v) is 4.04. The van der Waals surface area contributed by atoms with Crippen LogP contribution in [0.1, 0.15) is 51.9 Å². The highest BCUT2D eigenvalue weighted by molar-refractivity contribution is 4.78. The molecule has 15 heavy (non-hydrogen) atoms. The van der Waals surface area contributed by atoms with Gasteiger partial charge in [0.25, 0.3) is 0 Å². The van der Waals surface area contributed by atoms with Gasteiger partial charge in [-0.1, -0.05) is 26.2 Å². The van der Waals surface area contributed by atoms with Crippen LogP contribution in [0.15, 0.2) is 0 Å². The topological polar surface area (TPSA) is 21.3 Å². The monoisotopic (exact) mass is 211 g/mol. The highest BCUT2D eigenvalue weighted by Crippen LogP contribution is 2.29. The Labute approximate surface area is 93.8 Å². The Hall–Kier alpha value is -0.0800. The third kappa shape index (κ3) is 3.18. The van der Waals surface area contributed by atoms with Gasteiger partial charge >= 0.3 is 0 Å². The number of ether oxygens (including phenoxy) is 1. The Morgan fingerprint density at radius 3 is 2.73 bits per heavy atom. The quantitative estimate of drug-likeness (QED) is 0.772. The zero-order valence-electron chi connectivity index (χ0n) is 10.0. The van der Waals surface area contributed by atoms with Gasteiger partial charge in [-0.25, -0.2) is 0 Å². The average molecular weight is 211 g/mol. The fraction of sp³-hybridized carbons (Fsp3) is 1.00. The van der Waals surface area contributed by atoms with E-state index < -0.39 is 0 Å². The summed E-state index contributed by atoms with van der Waals surface area (Å²) >= 11 is 0. The van der Waals surface area contributed by atoms with E-state index in [9.17, 15) is 0 Å². The van der Waals surface area contributed by atoms with Gasteiger partial charge in [0.2, 0.25) is 0 Å². The van der Waals surface area contributed by atoms with Crippen LogP contribution in [0.4, 0.5) is 0 Å². The maximum Gasteiger partial charge on any atom is 0.0623 e. The van der Waals surface area contributed by atoms with Crippen LogP contribution in [-0.2, 0) is 4.74 Å². The van der Waals surface area contributed by atoms with Gasteiger partial charge in [0.05, 0.1) is 12.7 Å². The molecule has 1 aliphatic heterocycles. The molecule has 1 aliphatic carbocycles. The van der Waals surface area contributed by atoms with Gasteiger partial charge in [-0.05, 0) is 38.1 Å². The summed E-state index contributed by atoms with van der Waals surface area (Å²) in [5.74, 6) is 0.833. The lowest BCUT2D eigenvalue weighted by Crippen LogP contribution is -2.33. The number of hydrogen-bond donors (Lipinski definition) is 1. The van der Waals surface area contributed by atoms with E-state index in [0.29, 0.717) is 12.1 Å². The highest BCUT2D eigenvalue weighted by atomic mass is 16.5. The second-order valence-corrected chi connectivity index (χ2v) is 5.12. The molecule has 0 spiro atoms. The maximum absolute atomic E-state index is 6.11. The molecule has 2 rings (SSSR count). The summed E-state index contributed by atoms with van der Waals surface area (Å²) in [5, 5.41) is 3.50. The largest absolute Gasteiger partial charge is 0.376 e. The van der Waals surface area contributed by atoms with Crippen molar-refractivity contribution in [2.24, 2.45) is 5.92 Å². The van der Waals surface area contributed by atoms with Gasteiger partial charge < -0.3 is 10.1 Å². The van der Waals surface area contributed by atoms with E-state index in [-0.39, 0.29) is 0 Å². The molecule has 0 aromatic carbocycles. The average Bonchev–Trinajstić information content (AvgIpc) is 2.79. The predicted molar refractivity (Wildman–Crippen MR) is 63.0 cm³/mol. The van der Waals surface area contributed by atoms with Crippen molar-refractivity contribution in [3.8, 4) is 0 Å². The minimum atomic E-state index is 0.561. The van der Waals surface area contributed by atoms with Crippen molar-refractivity contribution >= 4 is 0 Å². The Morgan fingerprint density at radius 2 is 2.00 bits per heavy atom. The van der Waals surface area contributed by atoms with Crippen molar-refractivity contribution in [1.82, 2.24) is 5.32 Å². The van der Waals surface area contributed by atoms with Crippen molar-refractivity contribution in [3.05, 3.63) is 0 Å². The maximum atomic E-state index is 6.11. The van der Waals surface area contributed by atoms with Crippen LogP contribution < -0.4 is 5.32 Å². The minimum absolute atomic E-state index is 0.561. The van der Waals surface area contributed by atoms with E-state index in [1.807, 2.05) is 0 Å². The Kier molecular flexibility index (Phi) is 4.45. The Morgan fingerprint density at radius 1 is 1.13 bits per heavy atom. The zero-order valence-corrected chi connectivity index (χ0v) is 10.0. The zero-order chi connectivity index (χ0) is 10.5. The molecular weight excluding hydrogens is 186 g/mol. The Balaban J connectivity index is 1.71. The van der Waals surface area contributed by atoms with Crippen molar-refractivity contribution in [1.29, 1.82) is 0 Å². The number of rotatable bonds is 4. The lowest BCUT2D eigenvalue weighted by Gasteiger charge is -2.31. The van der Waals surface area contributed by atoms with Crippen molar-refractivity contribution in [3.63, 3.8) is 0 Å². The van der Waals surface area contributed by atoms with Crippen LogP contribution in [0.25, 0.3) is 0 Å². The number of hydrogen-bond acceptors (Lipinski definition) is 2. The lowest BCUT2D eigenvalue weighted by molar-refractivity contribution is -0.0195. The van der Waals surface area contributed by atoms with Crippen LogP contribution in [0, 0.1) is 5.92 Å². The minimum Gasteiger partial charge on any atom is -0.376 e. The summed E-state index contributed by atoms with van der Waals surface area (Å²) in [5.41, 5.74) is 0. The molecule has 0 aromatic rings. The van der Waals surface area contributed by atoms with Crippen molar-refractivity contribution < 1.29 is 4.74 Å². The first-order valence-corrected chi connectivity index (χ1v) is 6.75. The molecule has 1 N–H and O–H groups in total. The second-order valence-electron chi connectivity index (χ2n) is 5.12. The van der Waals surface area contributed by atoms with Gasteiger partial charge in [0.15, 0.2) is 0 Å². The van der Waals surface area contributed by atoms with Crippen molar-refractivity contribution in [2.45, 2.75) is 64.0 Å². The normalized spacial score (nSPS) is 37.0. The highest BCUT2D eigenvalue weighted by Gasteiger charge is 2.25. The molecule has 88 valence electrons. The smallest absolute Gasteiger partial charge is 0.0623 e. The molecule has 3 unspecified atom stereocenters. The Bertz CT molecular complexity index is 177. The van der Waals surface area contributed by atoms with Crippen LogP contribution >= 0.6 is 0 Å². The van der Waals surface area contributed by atoms with E-state index in [1.54, 1.807) is 0 Å². The van der Waals surface area contributed by atoms with E-state index in [1.165, 1.54) is 51.5 Å². The molecule has 2 heteroatoms. The molecule has 0 amide bonds. The molecule has 1 saturated heterocycles. The molecule has 1 heterocycles. The molecule has 1 saturated carbocycles. The fourth-order valence-electron chi connectivity index (χ4n) is 3.00. The van der Waals surface area contributed by atoms with Crippen LogP contribution in [0.5, 0.6) is 0 Å². The van der Waals surface area contributed by atoms with Gasteiger partial charge in [-0.15, -0.1) is 0 Å². The predicted octanol–water partition coefficient (Wildman–Crippen LogP) is 2.72. The lowest BCUT2D eigenvalue weighted by atomic mass is 9.85. The van der Waals surface area contributed by atoms with E-state index in [0.717, 1.165) is 12.5 Å². The standard InChI is InChI=1S/C13H25NO/c1-2-11-6-3-4-8-13(11)15-10-12-7-5-9-14-12/h11-14H,2-10H2,1H3. The first-order valence-electron chi connectivity index (χ1n) is 6.75. The van der Waals surface area contributed by atoms with Gasteiger partial charge in [-0.2, -0.15) is 0 Å². The summed E-state index contributed by atoms with van der Waals surface area (Å²) in [6.45, 7) is 4.44. The molecule has 3 atom stereocenters. The van der Waals surface area contributed by atoms with Gasteiger partial charge in [-0.3, -0.25) is 0 Å². The van der Waals surface area contributed by atoms with E-state index in [2.05, 4.69) is 12.2 Å². The summed E-state index contributed by atoms with van der Waals surface area (Å²) in [6.07, 6.45) is 9.97. The first-order chi connectivity index (χ1) is 7.40. The third-order valence-electron chi connectivity index (χ3n) is 4.04. The SMILES string of the molecule is CCC1CCCCC1OCC1CCCN1. The fourth-order valence-corrected chi connectivity index (χ4v) is 3.00. The van der Waals surface area contributed by atoms with E-state index in [4.69, 9.17) is 4.74 Å². The molecule has 0 bridgehead atoms. The van der Waals surface area contributed by atoms with Gasteiger partial charge in [0, 0.05) is 6.04 Å². The first kappa shape index (κ1) is 11.4. The van der Waals surface area contributed by atoms with Crippen LogP contribution in [0.2, 0.25) is 0 Å². The summed E-state index contributed by atoms with van der Waals surface area (Å²) in [7, 11) is 0. The summed E-state index contributed by atoms with van der Waals surface area (Å²) < 4.78 is 6.11. The molecule has 2 aliphatic rings. The van der Waals surface area contributed by atoms with Gasteiger partial charge in [0.1, 0.15) is 0 Å². The van der Waals surface area contributed by atoms with Crippen LogP contribution in [0.3, 0.4) is 0 Å². The molecule has 2 fully saturated rings. The summed E-state index contributed by atoms with van der Waals surface area (Å²) in [6, 6.07) is 0.643. The molecular formula is C13H25NO. The second kappa shape index (κ2) is 5.86.